The van der Waals surface area contributed by atoms with Crippen molar-refractivity contribution >= 4 is 39.5 Å². The Bertz CT molecular complexity index is 1500. The van der Waals surface area contributed by atoms with Crippen LogP contribution in [0.25, 0.3) is 0 Å². The third-order valence-corrected chi connectivity index (χ3v) is 13.5. The van der Waals surface area contributed by atoms with E-state index in [1.54, 1.807) is 0 Å². The molecule has 274 valence electrons. The summed E-state index contributed by atoms with van der Waals surface area (Å²) in [6.45, 7) is 11.0. The normalized spacial score (nSPS) is 27.7. The van der Waals surface area contributed by atoms with Crippen molar-refractivity contribution in [2.75, 3.05) is 19.3 Å². The largest absolute Gasteiger partial charge is 0.389 e. The number of likely N-dealkylation sites (tertiary alicyclic amines) is 1. The molecule has 14 heteroatoms. The molecule has 7 N–H and O–H groups in total. The van der Waals surface area contributed by atoms with Crippen LogP contribution in [0.5, 0.6) is 0 Å². The van der Waals surface area contributed by atoms with Gasteiger partial charge in [0.25, 0.3) is 0 Å². The van der Waals surface area contributed by atoms with Crippen LogP contribution >= 0.6 is 11.9 Å². The Balaban J connectivity index is 1.67. The Hall–Kier alpha value is -2.49. The molecule has 0 bridgehead atoms. The van der Waals surface area contributed by atoms with Gasteiger partial charge in [0, 0.05) is 36.4 Å². The minimum atomic E-state index is -3.87. The highest BCUT2D eigenvalue weighted by Gasteiger charge is 2.62. The maximum absolute atomic E-state index is 14.3. The number of hydrazine groups is 1. The summed E-state index contributed by atoms with van der Waals surface area (Å²) in [5, 5.41) is 22.5. The number of sulfone groups is 1. The molecule has 1 aromatic carbocycles. The molecule has 1 aromatic rings. The van der Waals surface area contributed by atoms with Crippen molar-refractivity contribution < 1.29 is 27.9 Å². The van der Waals surface area contributed by atoms with Crippen molar-refractivity contribution in [3.05, 3.63) is 46.9 Å². The summed E-state index contributed by atoms with van der Waals surface area (Å²) in [5.41, 5.74) is -0.441. The third kappa shape index (κ3) is 9.25. The van der Waals surface area contributed by atoms with E-state index in [1.807, 2.05) is 51.1 Å². The molecule has 3 unspecified atom stereocenters. The van der Waals surface area contributed by atoms with Gasteiger partial charge in [0.2, 0.25) is 17.7 Å². The van der Waals surface area contributed by atoms with Crippen molar-refractivity contribution in [1.29, 1.82) is 0 Å². The van der Waals surface area contributed by atoms with Crippen LogP contribution in [0.4, 0.5) is 0 Å². The Morgan fingerprint density at radius 3 is 2.33 bits per heavy atom. The first-order valence-corrected chi connectivity index (χ1v) is 20.0. The lowest BCUT2D eigenvalue weighted by molar-refractivity contribution is -0.134. The van der Waals surface area contributed by atoms with Crippen LogP contribution in [-0.2, 0) is 24.2 Å². The van der Waals surface area contributed by atoms with E-state index in [9.17, 15) is 27.9 Å². The zero-order valence-electron chi connectivity index (χ0n) is 29.9. The number of amides is 3. The van der Waals surface area contributed by atoms with Gasteiger partial charge in [0.05, 0.1) is 22.4 Å². The number of nitrogens with one attached hydrogen (secondary N) is 4. The molecule has 7 atom stereocenters. The van der Waals surface area contributed by atoms with E-state index in [4.69, 9.17) is 5.84 Å². The van der Waals surface area contributed by atoms with Crippen LogP contribution in [0.3, 0.4) is 0 Å². The number of carbonyl (C=O) groups excluding carboxylic acids is 3. The lowest BCUT2D eigenvalue weighted by Crippen LogP contribution is -2.65. The third-order valence-electron chi connectivity index (χ3n) is 10.7. The highest BCUT2D eigenvalue weighted by atomic mass is 32.2. The number of fused-ring (bicyclic) bond motifs is 1. The monoisotopic (exact) mass is 720 g/mol. The molecule has 1 saturated heterocycles. The summed E-state index contributed by atoms with van der Waals surface area (Å²) in [5.74, 6) is 4.50. The van der Waals surface area contributed by atoms with Crippen LogP contribution in [0, 0.1) is 11.8 Å². The average molecular weight is 721 g/mol. The molecule has 0 radical (unpaired) electrons. The Kier molecular flexibility index (Phi) is 12.4. The van der Waals surface area contributed by atoms with Crippen LogP contribution < -0.4 is 26.6 Å². The molecule has 49 heavy (non-hydrogen) atoms. The first kappa shape index (κ1) is 39.3. The van der Waals surface area contributed by atoms with Gasteiger partial charge in [-0.25, -0.2) is 8.42 Å². The van der Waals surface area contributed by atoms with Crippen molar-refractivity contribution in [1.82, 2.24) is 25.7 Å². The Morgan fingerprint density at radius 2 is 1.73 bits per heavy atom. The van der Waals surface area contributed by atoms with Gasteiger partial charge in [-0.2, -0.15) is 4.83 Å². The number of rotatable bonds is 13. The number of nitrogens with zero attached hydrogens (tertiary/aromatic N) is 1. The first-order valence-electron chi connectivity index (χ1n) is 17.2. The number of benzene rings is 1. The number of piperidine rings is 1. The first-order chi connectivity index (χ1) is 22.8. The maximum Gasteiger partial charge on any atom is 0.248 e. The zero-order valence-corrected chi connectivity index (χ0v) is 31.5. The molecule has 0 aromatic heterocycles. The minimum Gasteiger partial charge on any atom is -0.389 e. The van der Waals surface area contributed by atoms with E-state index in [0.29, 0.717) is 31.2 Å². The van der Waals surface area contributed by atoms with Gasteiger partial charge >= 0.3 is 0 Å². The molecule has 3 amide bonds. The van der Waals surface area contributed by atoms with Crippen molar-refractivity contribution in [2.24, 2.45) is 17.7 Å². The van der Waals surface area contributed by atoms with E-state index in [0.717, 1.165) is 49.5 Å². The van der Waals surface area contributed by atoms with Crippen molar-refractivity contribution in [3.8, 4) is 0 Å². The fourth-order valence-electron chi connectivity index (χ4n) is 7.47. The van der Waals surface area contributed by atoms with Gasteiger partial charge < -0.3 is 21.1 Å². The summed E-state index contributed by atoms with van der Waals surface area (Å²) < 4.78 is 24.4. The second-order valence-electron chi connectivity index (χ2n) is 15.8. The molecule has 3 aliphatic rings. The molecule has 4 rings (SSSR count). The van der Waals surface area contributed by atoms with Gasteiger partial charge in [-0.05, 0) is 95.6 Å². The number of carbonyl (C=O) groups is 3. The van der Waals surface area contributed by atoms with E-state index >= 15 is 0 Å². The van der Waals surface area contributed by atoms with E-state index in [-0.39, 0.29) is 23.9 Å². The molecule has 2 aliphatic carbocycles. The standard InChI is InChI=1S/C35H56N6O6S2/c1-22(21-48-40-36)30(43)37-29(34(5,6)49(7,46)47)32(45)39-35(18-26(35)23-13-9-8-10-14-23)28(42)20-41-19-25-16-12-11-15-24(25)17-27(41)31(44)38-33(2,3)4/h8-10,13-14,21,24-29,40,42H,11-12,15-20,36H2,1-7H3,(H,37,43)(H,38,44)(H,39,45)/b22-21+/t24-,25?,26?,27-,28+,29+,35?/m0/s1. The highest BCUT2D eigenvalue weighted by Crippen LogP contribution is 2.54. The van der Waals surface area contributed by atoms with Crippen LogP contribution in [0.15, 0.2) is 41.3 Å². The molecular weight excluding hydrogens is 665 g/mol. The predicted molar refractivity (Wildman–Crippen MR) is 194 cm³/mol. The molecule has 3 fully saturated rings. The lowest BCUT2D eigenvalue weighted by atomic mass is 9.72. The fraction of sp³-hybridized carbons (Fsp3) is 0.686. The summed E-state index contributed by atoms with van der Waals surface area (Å²) in [6.07, 6.45) is 5.52. The number of nitrogens with two attached hydrogens (primary N) is 1. The predicted octanol–water partition coefficient (Wildman–Crippen LogP) is 2.51. The maximum atomic E-state index is 14.3. The summed E-state index contributed by atoms with van der Waals surface area (Å²) in [4.78, 5) is 45.7. The molecule has 12 nitrogen and oxygen atoms in total. The van der Waals surface area contributed by atoms with Gasteiger partial charge in [-0.3, -0.25) is 25.1 Å². The van der Waals surface area contributed by atoms with E-state index in [1.165, 1.54) is 26.2 Å². The molecule has 1 aliphatic heterocycles. The molecule has 2 saturated carbocycles. The topological polar surface area (TPSA) is 183 Å². The smallest absolute Gasteiger partial charge is 0.248 e. The quantitative estimate of drug-likeness (QED) is 0.0767. The van der Waals surface area contributed by atoms with Gasteiger partial charge in [0.15, 0.2) is 9.84 Å². The summed E-state index contributed by atoms with van der Waals surface area (Å²) >= 11 is 0.963. The van der Waals surface area contributed by atoms with Crippen LogP contribution in [-0.4, -0.2) is 89.5 Å². The minimum absolute atomic E-state index is 0.0682. The fourth-order valence-corrected chi connectivity index (χ4v) is 8.42. The molecule has 1 heterocycles. The SMILES string of the molecule is C/C(=C\SNN)C(=O)N[C@H](C(=O)NC1([C@H](O)CN2CC3CCCC[C@H]3C[C@H]2C(=O)NC(C)(C)C)CC1c1ccccc1)C(C)(C)S(C)(=O)=O. The number of hydrogen-bond donors (Lipinski definition) is 6. The number of aliphatic hydroxyl groups is 1. The van der Waals surface area contributed by atoms with E-state index < -0.39 is 55.7 Å². The zero-order chi connectivity index (χ0) is 36.4. The second-order valence-corrected chi connectivity index (χ2v) is 19.1. The van der Waals surface area contributed by atoms with Gasteiger partial charge in [-0.1, -0.05) is 49.6 Å². The average Bonchev–Trinajstić information content (AvgIpc) is 3.75. The molecular formula is C35H56N6O6S2. The molecule has 0 spiro atoms. The van der Waals surface area contributed by atoms with Crippen molar-refractivity contribution in [2.45, 2.75) is 120 Å². The lowest BCUT2D eigenvalue weighted by Gasteiger charge is -2.47. The van der Waals surface area contributed by atoms with Crippen molar-refractivity contribution in [3.63, 3.8) is 0 Å². The number of hydrogen-bond acceptors (Lipinski definition) is 10. The summed E-state index contributed by atoms with van der Waals surface area (Å²) in [6, 6.07) is 7.65. The second kappa shape index (κ2) is 15.4. The van der Waals surface area contributed by atoms with E-state index in [2.05, 4.69) is 25.7 Å². The van der Waals surface area contributed by atoms with Crippen LogP contribution in [0.2, 0.25) is 0 Å². The van der Waals surface area contributed by atoms with Crippen LogP contribution in [0.1, 0.15) is 91.5 Å². The number of β-amino-alcohol motifs (C(OH)–C–C–N with tert-alkyl or cyclic N) is 1. The number of aliphatic hydroxyl groups excluding tert-OH is 1. The van der Waals surface area contributed by atoms with Gasteiger partial charge in [0.1, 0.15) is 6.04 Å². The van der Waals surface area contributed by atoms with Gasteiger partial charge in [-0.15, -0.1) is 0 Å². The highest BCUT2D eigenvalue weighted by molar-refractivity contribution is 8.00. The Labute approximate surface area is 296 Å². The Morgan fingerprint density at radius 1 is 1.10 bits per heavy atom. The summed E-state index contributed by atoms with van der Waals surface area (Å²) in [7, 11) is -3.87.